The molecule has 114 valence electrons. The van der Waals surface area contributed by atoms with E-state index in [4.69, 9.17) is 10.8 Å². The van der Waals surface area contributed by atoms with Crippen LogP contribution in [0.1, 0.15) is 31.8 Å². The molecule has 0 saturated carbocycles. The van der Waals surface area contributed by atoms with Gasteiger partial charge in [-0.05, 0) is 12.1 Å². The predicted molar refractivity (Wildman–Crippen MR) is 70.5 cm³/mol. The van der Waals surface area contributed by atoms with Crippen LogP contribution in [0.15, 0.2) is 36.5 Å². The van der Waals surface area contributed by atoms with Gasteiger partial charge in [-0.2, -0.15) is 13.2 Å². The molecule has 1 aromatic heterocycles. The van der Waals surface area contributed by atoms with Gasteiger partial charge in [0, 0.05) is 17.3 Å². The number of carboxylic acids is 1. The molecule has 0 aliphatic carbocycles. The summed E-state index contributed by atoms with van der Waals surface area (Å²) >= 11 is 0. The highest BCUT2D eigenvalue weighted by molar-refractivity contribution is 6.16. The Kier molecular flexibility index (Phi) is 3.85. The van der Waals surface area contributed by atoms with Crippen molar-refractivity contribution in [3.05, 3.63) is 58.8 Å². The number of alkyl halides is 3. The van der Waals surface area contributed by atoms with Crippen LogP contribution in [-0.4, -0.2) is 21.8 Å². The molecule has 5 nitrogen and oxygen atoms in total. The van der Waals surface area contributed by atoms with Gasteiger partial charge < -0.3 is 10.8 Å². The van der Waals surface area contributed by atoms with Gasteiger partial charge in [-0.1, -0.05) is 18.2 Å². The van der Waals surface area contributed by atoms with Crippen molar-refractivity contribution in [3.8, 4) is 0 Å². The first-order valence-electron chi connectivity index (χ1n) is 5.92. The standard InChI is InChI=1S/C14H9F3N2O3/c15-14(16,17)9-4-2-1-3-7(9)11(20)8-5-6-19-12(18)10(8)13(21)22/h1-6H,(H2,18,19)(H,21,22). The van der Waals surface area contributed by atoms with Crippen LogP contribution >= 0.6 is 0 Å². The van der Waals surface area contributed by atoms with Gasteiger partial charge in [0.05, 0.1) is 5.56 Å². The van der Waals surface area contributed by atoms with E-state index in [1.807, 2.05) is 0 Å². The van der Waals surface area contributed by atoms with E-state index in [0.29, 0.717) is 0 Å². The summed E-state index contributed by atoms with van der Waals surface area (Å²) < 4.78 is 38.9. The van der Waals surface area contributed by atoms with Gasteiger partial charge in [0.25, 0.3) is 0 Å². The molecule has 0 bridgehead atoms. The minimum Gasteiger partial charge on any atom is -0.478 e. The summed E-state index contributed by atoms with van der Waals surface area (Å²) in [7, 11) is 0. The Labute approximate surface area is 122 Å². The fraction of sp³-hybridized carbons (Fsp3) is 0.0714. The number of ketones is 1. The third-order valence-electron chi connectivity index (χ3n) is 2.92. The van der Waals surface area contributed by atoms with E-state index in [1.165, 1.54) is 6.07 Å². The summed E-state index contributed by atoms with van der Waals surface area (Å²) in [6.45, 7) is 0. The van der Waals surface area contributed by atoms with Crippen LogP contribution in [0.25, 0.3) is 0 Å². The monoisotopic (exact) mass is 310 g/mol. The Morgan fingerprint density at radius 3 is 2.32 bits per heavy atom. The minimum atomic E-state index is -4.74. The Hall–Kier alpha value is -2.90. The van der Waals surface area contributed by atoms with Crippen molar-refractivity contribution in [2.24, 2.45) is 0 Å². The number of carboxylic acid groups (broad SMARTS) is 1. The van der Waals surface area contributed by atoms with Crippen LogP contribution in [0.2, 0.25) is 0 Å². The van der Waals surface area contributed by atoms with Gasteiger partial charge in [0.1, 0.15) is 11.4 Å². The highest BCUT2D eigenvalue weighted by Gasteiger charge is 2.35. The fourth-order valence-electron chi connectivity index (χ4n) is 1.97. The van der Waals surface area contributed by atoms with E-state index in [9.17, 15) is 22.8 Å². The lowest BCUT2D eigenvalue weighted by Crippen LogP contribution is -2.17. The molecule has 1 heterocycles. The van der Waals surface area contributed by atoms with Crippen molar-refractivity contribution in [1.82, 2.24) is 4.98 Å². The minimum absolute atomic E-state index is 0.442. The molecule has 0 saturated heterocycles. The van der Waals surface area contributed by atoms with Crippen molar-refractivity contribution in [1.29, 1.82) is 0 Å². The molecule has 0 radical (unpaired) electrons. The molecule has 0 fully saturated rings. The maximum Gasteiger partial charge on any atom is 0.417 e. The topological polar surface area (TPSA) is 93.3 Å². The molecule has 3 N–H and O–H groups in total. The Balaban J connectivity index is 2.65. The number of carbonyl (C=O) groups is 2. The second-order valence-electron chi connectivity index (χ2n) is 4.30. The molecular formula is C14H9F3N2O3. The number of nitrogen functional groups attached to an aromatic ring is 1. The predicted octanol–water partition coefficient (Wildman–Crippen LogP) is 2.61. The highest BCUT2D eigenvalue weighted by Crippen LogP contribution is 2.33. The zero-order chi connectivity index (χ0) is 16.5. The zero-order valence-corrected chi connectivity index (χ0v) is 10.9. The van der Waals surface area contributed by atoms with Crippen molar-refractivity contribution in [2.45, 2.75) is 6.18 Å². The second kappa shape index (κ2) is 5.47. The molecule has 8 heteroatoms. The average molecular weight is 310 g/mol. The van der Waals surface area contributed by atoms with Crippen molar-refractivity contribution >= 4 is 17.6 Å². The van der Waals surface area contributed by atoms with Gasteiger partial charge in [-0.25, -0.2) is 9.78 Å². The fourth-order valence-corrected chi connectivity index (χ4v) is 1.97. The van der Waals surface area contributed by atoms with Crippen LogP contribution < -0.4 is 5.73 Å². The van der Waals surface area contributed by atoms with Gasteiger partial charge in [-0.3, -0.25) is 4.79 Å². The average Bonchev–Trinajstić information content (AvgIpc) is 2.45. The molecule has 0 spiro atoms. The number of pyridine rings is 1. The molecule has 0 atom stereocenters. The number of hydrogen-bond acceptors (Lipinski definition) is 4. The van der Waals surface area contributed by atoms with Crippen molar-refractivity contribution in [2.75, 3.05) is 5.73 Å². The molecule has 0 aliphatic rings. The number of carbonyl (C=O) groups excluding carboxylic acids is 1. The molecule has 22 heavy (non-hydrogen) atoms. The molecule has 2 aromatic rings. The number of benzene rings is 1. The number of aromatic carboxylic acids is 1. The third-order valence-corrected chi connectivity index (χ3v) is 2.92. The van der Waals surface area contributed by atoms with Gasteiger partial charge in [-0.15, -0.1) is 0 Å². The summed E-state index contributed by atoms with van der Waals surface area (Å²) in [5, 5.41) is 9.08. The van der Waals surface area contributed by atoms with Crippen molar-refractivity contribution in [3.63, 3.8) is 0 Å². The Morgan fingerprint density at radius 2 is 1.73 bits per heavy atom. The quantitative estimate of drug-likeness (QED) is 0.850. The summed E-state index contributed by atoms with van der Waals surface area (Å²) in [6, 6.07) is 5.15. The highest BCUT2D eigenvalue weighted by atomic mass is 19.4. The Bertz CT molecular complexity index is 757. The molecular weight excluding hydrogens is 301 g/mol. The van der Waals surface area contributed by atoms with Crippen LogP contribution in [0.3, 0.4) is 0 Å². The van der Waals surface area contributed by atoms with E-state index in [0.717, 1.165) is 30.5 Å². The van der Waals surface area contributed by atoms with Gasteiger partial charge in [0.2, 0.25) is 0 Å². The lowest BCUT2D eigenvalue weighted by molar-refractivity contribution is -0.137. The maximum absolute atomic E-state index is 13.0. The van der Waals surface area contributed by atoms with E-state index in [1.54, 1.807) is 0 Å². The maximum atomic E-state index is 13.0. The molecule has 0 amide bonds. The SMILES string of the molecule is Nc1nccc(C(=O)c2ccccc2C(F)(F)F)c1C(=O)O. The largest absolute Gasteiger partial charge is 0.478 e. The zero-order valence-electron chi connectivity index (χ0n) is 10.9. The normalized spacial score (nSPS) is 11.2. The second-order valence-corrected chi connectivity index (χ2v) is 4.30. The number of halogens is 3. The number of anilines is 1. The van der Waals surface area contributed by atoms with E-state index in [-0.39, 0.29) is 0 Å². The third kappa shape index (κ3) is 2.76. The number of nitrogens with zero attached hydrogens (tertiary/aromatic N) is 1. The number of hydrogen-bond donors (Lipinski definition) is 2. The molecule has 2 rings (SSSR count). The first-order chi connectivity index (χ1) is 10.2. The van der Waals surface area contributed by atoms with Crippen LogP contribution in [0, 0.1) is 0 Å². The smallest absolute Gasteiger partial charge is 0.417 e. The van der Waals surface area contributed by atoms with Crippen LogP contribution in [-0.2, 0) is 6.18 Å². The Morgan fingerprint density at radius 1 is 1.09 bits per heavy atom. The van der Waals surface area contributed by atoms with E-state index in [2.05, 4.69) is 4.98 Å². The summed E-state index contributed by atoms with van der Waals surface area (Å²) in [4.78, 5) is 27.0. The van der Waals surface area contributed by atoms with Gasteiger partial charge >= 0.3 is 12.1 Å². The molecule has 0 aliphatic heterocycles. The van der Waals surface area contributed by atoms with Gasteiger partial charge in [0.15, 0.2) is 5.78 Å². The van der Waals surface area contributed by atoms with E-state index < -0.39 is 46.0 Å². The van der Waals surface area contributed by atoms with Crippen LogP contribution in [0.4, 0.5) is 19.0 Å². The number of rotatable bonds is 3. The lowest BCUT2D eigenvalue weighted by atomic mass is 9.95. The van der Waals surface area contributed by atoms with Crippen LogP contribution in [0.5, 0.6) is 0 Å². The number of nitrogens with two attached hydrogens (primary N) is 1. The first-order valence-corrected chi connectivity index (χ1v) is 5.92. The summed E-state index contributed by atoms with van der Waals surface area (Å²) in [5.74, 6) is -3.07. The summed E-state index contributed by atoms with van der Waals surface area (Å²) in [6.07, 6.45) is -3.68. The first kappa shape index (κ1) is 15.5. The van der Waals surface area contributed by atoms with E-state index >= 15 is 0 Å². The van der Waals surface area contributed by atoms with Crippen molar-refractivity contribution < 1.29 is 27.9 Å². The summed E-state index contributed by atoms with van der Waals surface area (Å²) in [5.41, 5.74) is 2.53. The molecule has 0 unspecified atom stereocenters. The molecule has 1 aromatic carbocycles. The number of aromatic nitrogens is 1. The lowest BCUT2D eigenvalue weighted by Gasteiger charge is -2.13.